The van der Waals surface area contributed by atoms with E-state index < -0.39 is 12.5 Å². The molecule has 0 aromatic rings. The highest BCUT2D eigenvalue weighted by molar-refractivity contribution is 5.02. The molecule has 2 saturated heterocycles. The van der Waals surface area contributed by atoms with Crippen molar-refractivity contribution < 1.29 is 13.5 Å². The highest BCUT2D eigenvalue weighted by atomic mass is 19.3. The van der Waals surface area contributed by atoms with Gasteiger partial charge < -0.3 is 10.1 Å². The van der Waals surface area contributed by atoms with Crippen molar-refractivity contribution in [3.8, 4) is 0 Å². The monoisotopic (exact) mass is 163 g/mol. The van der Waals surface area contributed by atoms with Crippen LogP contribution in [0, 0.1) is 0 Å². The third-order valence-electron chi connectivity index (χ3n) is 2.39. The molecule has 1 atom stereocenters. The van der Waals surface area contributed by atoms with Crippen LogP contribution in [0.1, 0.15) is 12.8 Å². The fraction of sp³-hybridized carbons (Fsp3) is 1.00. The molecule has 2 nitrogen and oxygen atoms in total. The molecular formula is C7H11F2NO. The summed E-state index contributed by atoms with van der Waals surface area (Å²) in [4.78, 5) is 0. The van der Waals surface area contributed by atoms with Gasteiger partial charge in [0.2, 0.25) is 0 Å². The van der Waals surface area contributed by atoms with E-state index in [-0.39, 0.29) is 12.0 Å². The van der Waals surface area contributed by atoms with E-state index in [9.17, 15) is 8.78 Å². The third kappa shape index (κ3) is 1.25. The van der Waals surface area contributed by atoms with E-state index in [2.05, 4.69) is 5.32 Å². The van der Waals surface area contributed by atoms with Crippen molar-refractivity contribution in [3.05, 3.63) is 0 Å². The van der Waals surface area contributed by atoms with Gasteiger partial charge in [-0.15, -0.1) is 0 Å². The van der Waals surface area contributed by atoms with E-state index >= 15 is 0 Å². The molecule has 11 heavy (non-hydrogen) atoms. The molecule has 0 bridgehead atoms. The van der Waals surface area contributed by atoms with E-state index in [1.54, 1.807) is 0 Å². The van der Waals surface area contributed by atoms with Crippen molar-refractivity contribution in [2.45, 2.75) is 24.3 Å². The van der Waals surface area contributed by atoms with Crippen molar-refractivity contribution in [3.63, 3.8) is 0 Å². The van der Waals surface area contributed by atoms with E-state index in [1.807, 2.05) is 0 Å². The summed E-state index contributed by atoms with van der Waals surface area (Å²) in [6.45, 7) is 0.887. The Morgan fingerprint density at radius 1 is 1.27 bits per heavy atom. The molecule has 2 aliphatic rings. The van der Waals surface area contributed by atoms with Crippen LogP contribution in [0.5, 0.6) is 0 Å². The van der Waals surface area contributed by atoms with Crippen molar-refractivity contribution >= 4 is 0 Å². The number of alkyl halides is 2. The Balaban J connectivity index is 2.03. The maximum atomic E-state index is 12.8. The van der Waals surface area contributed by atoms with Crippen molar-refractivity contribution in [1.29, 1.82) is 0 Å². The normalized spacial score (nSPS) is 42.0. The summed E-state index contributed by atoms with van der Waals surface area (Å²) in [5.41, 5.74) is -0.387. The summed E-state index contributed by atoms with van der Waals surface area (Å²) in [5.74, 6) is -2.62. The van der Waals surface area contributed by atoms with Crippen LogP contribution in [0.4, 0.5) is 8.78 Å². The fourth-order valence-corrected chi connectivity index (χ4v) is 1.75. The summed E-state index contributed by atoms with van der Waals surface area (Å²) in [7, 11) is 0. The fourth-order valence-electron chi connectivity index (χ4n) is 1.75. The molecule has 2 rings (SSSR count). The summed E-state index contributed by atoms with van der Waals surface area (Å²) in [6, 6.07) is 0. The van der Waals surface area contributed by atoms with Gasteiger partial charge in [0.05, 0.1) is 6.61 Å². The van der Waals surface area contributed by atoms with E-state index in [0.717, 1.165) is 13.0 Å². The predicted octanol–water partition coefficient (Wildman–Crippen LogP) is 0.774. The minimum Gasteiger partial charge on any atom is -0.373 e. The van der Waals surface area contributed by atoms with Gasteiger partial charge in [-0.05, 0) is 13.0 Å². The molecule has 2 aliphatic heterocycles. The van der Waals surface area contributed by atoms with Gasteiger partial charge in [0.1, 0.15) is 6.61 Å². The number of hydrogen-bond donors (Lipinski definition) is 1. The molecule has 0 saturated carbocycles. The molecule has 4 heteroatoms. The van der Waals surface area contributed by atoms with Gasteiger partial charge in [-0.25, -0.2) is 8.78 Å². The molecule has 0 radical (unpaired) electrons. The van der Waals surface area contributed by atoms with Gasteiger partial charge in [0.25, 0.3) is 5.92 Å². The predicted molar refractivity (Wildman–Crippen MR) is 35.7 cm³/mol. The Hall–Kier alpha value is -0.220. The highest BCUT2D eigenvalue weighted by Crippen LogP contribution is 2.36. The molecule has 0 amide bonds. The Labute approximate surface area is 63.9 Å². The number of ether oxygens (including phenoxy) is 1. The molecule has 0 aromatic heterocycles. The van der Waals surface area contributed by atoms with Crippen LogP contribution < -0.4 is 5.32 Å². The standard InChI is InChI=1S/C7H11F2NO/c8-7(9)3-6(1-2-10-6)4-11-5-7/h10H,1-5H2. The van der Waals surface area contributed by atoms with Crippen LogP contribution in [0.2, 0.25) is 0 Å². The van der Waals surface area contributed by atoms with Crippen LogP contribution in [0.25, 0.3) is 0 Å². The Bertz CT molecular complexity index is 168. The highest BCUT2D eigenvalue weighted by Gasteiger charge is 2.49. The number of rotatable bonds is 0. The van der Waals surface area contributed by atoms with Gasteiger partial charge in [-0.2, -0.15) is 0 Å². The van der Waals surface area contributed by atoms with Gasteiger partial charge >= 0.3 is 0 Å². The van der Waals surface area contributed by atoms with Gasteiger partial charge in [0.15, 0.2) is 0 Å². The van der Waals surface area contributed by atoms with E-state index in [1.165, 1.54) is 0 Å². The van der Waals surface area contributed by atoms with E-state index in [0.29, 0.717) is 6.61 Å². The quantitative estimate of drug-likeness (QED) is 0.569. The molecule has 0 aromatic carbocycles. The zero-order valence-electron chi connectivity index (χ0n) is 6.20. The summed E-state index contributed by atoms with van der Waals surface area (Å²) >= 11 is 0. The average molecular weight is 163 g/mol. The minimum atomic E-state index is -2.62. The van der Waals surface area contributed by atoms with Crippen LogP contribution in [-0.4, -0.2) is 31.2 Å². The topological polar surface area (TPSA) is 21.3 Å². The second-order valence-electron chi connectivity index (χ2n) is 3.48. The lowest BCUT2D eigenvalue weighted by Gasteiger charge is -2.47. The maximum Gasteiger partial charge on any atom is 0.272 e. The van der Waals surface area contributed by atoms with Crippen molar-refractivity contribution in [1.82, 2.24) is 5.32 Å². The number of nitrogens with one attached hydrogen (secondary N) is 1. The van der Waals surface area contributed by atoms with Gasteiger partial charge in [-0.3, -0.25) is 0 Å². The van der Waals surface area contributed by atoms with Crippen LogP contribution in [-0.2, 0) is 4.74 Å². The Morgan fingerprint density at radius 3 is 2.36 bits per heavy atom. The average Bonchev–Trinajstić information content (AvgIpc) is 1.82. The van der Waals surface area contributed by atoms with E-state index in [4.69, 9.17) is 4.74 Å². The first-order chi connectivity index (χ1) is 5.12. The van der Waals surface area contributed by atoms with Crippen molar-refractivity contribution in [2.24, 2.45) is 0 Å². The minimum absolute atomic E-state index is 0.0556. The van der Waals surface area contributed by atoms with Crippen LogP contribution in [0.3, 0.4) is 0 Å². The second kappa shape index (κ2) is 2.14. The van der Waals surface area contributed by atoms with Crippen molar-refractivity contribution in [2.75, 3.05) is 19.8 Å². The Kier molecular flexibility index (Phi) is 1.44. The number of halogens is 2. The van der Waals surface area contributed by atoms with Gasteiger partial charge in [0, 0.05) is 12.0 Å². The molecule has 0 aliphatic carbocycles. The third-order valence-corrected chi connectivity index (χ3v) is 2.39. The number of hydrogen-bond acceptors (Lipinski definition) is 2. The largest absolute Gasteiger partial charge is 0.373 e. The first-order valence-electron chi connectivity index (χ1n) is 3.83. The molecular weight excluding hydrogens is 152 g/mol. The lowest BCUT2D eigenvalue weighted by molar-refractivity contribution is -0.162. The maximum absolute atomic E-state index is 12.8. The van der Waals surface area contributed by atoms with Gasteiger partial charge in [-0.1, -0.05) is 0 Å². The zero-order chi connectivity index (χ0) is 7.95. The lowest BCUT2D eigenvalue weighted by Crippen LogP contribution is -2.65. The Morgan fingerprint density at radius 2 is 2.00 bits per heavy atom. The summed E-state index contributed by atoms with van der Waals surface area (Å²) in [5, 5.41) is 3.01. The zero-order valence-corrected chi connectivity index (χ0v) is 6.20. The molecule has 1 spiro atoms. The molecule has 1 unspecified atom stereocenters. The SMILES string of the molecule is FC1(F)COCC2(CCN2)C1. The summed E-state index contributed by atoms with van der Waals surface area (Å²) < 4.78 is 30.3. The lowest BCUT2D eigenvalue weighted by atomic mass is 9.81. The second-order valence-corrected chi connectivity index (χ2v) is 3.48. The van der Waals surface area contributed by atoms with Crippen LogP contribution in [0.15, 0.2) is 0 Å². The molecule has 64 valence electrons. The smallest absolute Gasteiger partial charge is 0.272 e. The first kappa shape index (κ1) is 7.43. The first-order valence-corrected chi connectivity index (χ1v) is 3.83. The summed E-state index contributed by atoms with van der Waals surface area (Å²) in [6.07, 6.45) is 0.766. The molecule has 1 N–H and O–H groups in total. The molecule has 2 heterocycles. The van der Waals surface area contributed by atoms with Crippen LogP contribution >= 0.6 is 0 Å². The molecule has 2 fully saturated rings.